The molecule has 208 valence electrons. The molecule has 2 atom stereocenters. The first-order valence-corrected chi connectivity index (χ1v) is 13.6. The Morgan fingerprint density at radius 1 is 0.829 bits per heavy atom. The second-order valence-electron chi connectivity index (χ2n) is 10.3. The van der Waals surface area contributed by atoms with Crippen molar-refractivity contribution in [2.75, 3.05) is 5.32 Å². The minimum absolute atomic E-state index is 0. The van der Waals surface area contributed by atoms with Gasteiger partial charge in [-0.25, -0.2) is 0 Å². The molecule has 3 N–H and O–H groups in total. The van der Waals surface area contributed by atoms with E-state index in [1.54, 1.807) is 0 Å². The van der Waals surface area contributed by atoms with E-state index >= 15 is 0 Å². The van der Waals surface area contributed by atoms with E-state index in [-0.39, 0.29) is 54.2 Å². The summed E-state index contributed by atoms with van der Waals surface area (Å²) in [4.78, 5) is 24.9. The van der Waals surface area contributed by atoms with Gasteiger partial charge in [0.05, 0.1) is 23.5 Å². The number of benzene rings is 3. The molecule has 3 aromatic carbocycles. The minimum Gasteiger partial charge on any atom is -0.550 e. The number of hydrogen-bond donors (Lipinski definition) is 3. The van der Waals surface area contributed by atoms with Gasteiger partial charge in [0.25, 0.3) is 5.91 Å². The molecule has 1 amide bonds. The van der Waals surface area contributed by atoms with Crippen LogP contribution in [0.15, 0.2) is 91.0 Å². The summed E-state index contributed by atoms with van der Waals surface area (Å²) in [5.41, 5.74) is 5.56. The third kappa shape index (κ3) is 8.18. The molecule has 4 rings (SSSR count). The standard InChI is InChI=1S/C33H36N2O5.Na/c1-22(2)31-30(33(40)34-25-16-10-5-11-17-25)29(23-12-6-3-7-13-23)32(24-14-8-4-9-15-24)35(31)19-18-26(36)20-27(37)21-28(38)39;/h3-17,22,26-27,36-37H,18-21H2,1-2H3,(H,34,40)(H,38,39);/q;+1/p-1/t26-,27-;/m1./s1. The number of aliphatic hydroxyl groups is 2. The first kappa shape index (κ1) is 32.3. The van der Waals surface area contributed by atoms with Crippen LogP contribution >= 0.6 is 0 Å². The molecule has 0 aliphatic heterocycles. The number of anilines is 1. The topological polar surface area (TPSA) is 115 Å². The molecular formula is C33H35N2NaO5. The molecule has 0 aliphatic rings. The van der Waals surface area contributed by atoms with Gasteiger partial charge >= 0.3 is 29.6 Å². The van der Waals surface area contributed by atoms with Gasteiger partial charge in [-0.05, 0) is 42.0 Å². The SMILES string of the molecule is CC(C)c1c(C(=O)Nc2ccccc2)c(-c2ccccc2)c(-c2ccccc2)n1CC[C@@H](O)C[C@@H](O)CC(=O)[O-].[Na+]. The van der Waals surface area contributed by atoms with Gasteiger partial charge in [0, 0.05) is 35.9 Å². The van der Waals surface area contributed by atoms with Crippen molar-refractivity contribution in [1.82, 2.24) is 4.57 Å². The van der Waals surface area contributed by atoms with Gasteiger partial charge in [0.1, 0.15) is 0 Å². The number of aliphatic carboxylic acids is 1. The van der Waals surface area contributed by atoms with Crippen molar-refractivity contribution in [1.29, 1.82) is 0 Å². The van der Waals surface area contributed by atoms with Gasteiger partial charge in [0.2, 0.25) is 0 Å². The van der Waals surface area contributed by atoms with Gasteiger partial charge in [-0.1, -0.05) is 92.7 Å². The molecule has 1 aromatic heterocycles. The van der Waals surface area contributed by atoms with E-state index in [1.165, 1.54) is 0 Å². The molecule has 0 aliphatic carbocycles. The molecular weight excluding hydrogens is 527 g/mol. The van der Waals surface area contributed by atoms with Crippen LogP contribution in [0.2, 0.25) is 0 Å². The Morgan fingerprint density at radius 2 is 1.37 bits per heavy atom. The minimum atomic E-state index is -1.36. The quantitative estimate of drug-likeness (QED) is 0.228. The molecule has 0 saturated carbocycles. The van der Waals surface area contributed by atoms with Crippen LogP contribution in [-0.4, -0.2) is 38.9 Å². The maximum Gasteiger partial charge on any atom is 1.00 e. The summed E-state index contributed by atoms with van der Waals surface area (Å²) < 4.78 is 2.09. The smallest absolute Gasteiger partial charge is 0.550 e. The average molecular weight is 563 g/mol. The second-order valence-corrected chi connectivity index (χ2v) is 10.3. The summed E-state index contributed by atoms with van der Waals surface area (Å²) in [7, 11) is 0. The number of para-hydroxylation sites is 1. The summed E-state index contributed by atoms with van der Waals surface area (Å²) >= 11 is 0. The van der Waals surface area contributed by atoms with E-state index in [0.29, 0.717) is 17.8 Å². The normalized spacial score (nSPS) is 12.4. The van der Waals surface area contributed by atoms with Crippen LogP contribution < -0.4 is 40.0 Å². The molecule has 0 unspecified atom stereocenters. The van der Waals surface area contributed by atoms with Gasteiger partial charge in [-0.3, -0.25) is 4.79 Å². The Kier molecular flexibility index (Phi) is 11.9. The number of carbonyl (C=O) groups excluding carboxylic acids is 2. The molecule has 7 nitrogen and oxygen atoms in total. The monoisotopic (exact) mass is 562 g/mol. The van der Waals surface area contributed by atoms with Gasteiger partial charge in [0.15, 0.2) is 0 Å². The number of aromatic nitrogens is 1. The van der Waals surface area contributed by atoms with Crippen molar-refractivity contribution in [2.45, 2.75) is 57.8 Å². The van der Waals surface area contributed by atoms with Crippen molar-refractivity contribution < 1.29 is 54.5 Å². The molecule has 41 heavy (non-hydrogen) atoms. The Balaban J connectivity index is 0.00000462. The Hall–Kier alpha value is -3.20. The van der Waals surface area contributed by atoms with Gasteiger partial charge < -0.3 is 30.0 Å². The molecule has 0 bridgehead atoms. The van der Waals surface area contributed by atoms with E-state index in [0.717, 1.165) is 28.1 Å². The maximum absolute atomic E-state index is 14.0. The fourth-order valence-electron chi connectivity index (χ4n) is 5.18. The van der Waals surface area contributed by atoms with Crippen LogP contribution in [0.4, 0.5) is 5.69 Å². The molecule has 1 heterocycles. The molecule has 0 fully saturated rings. The third-order valence-corrected chi connectivity index (χ3v) is 6.85. The largest absolute Gasteiger partial charge is 1.00 e. The fourth-order valence-corrected chi connectivity index (χ4v) is 5.18. The van der Waals surface area contributed by atoms with Crippen molar-refractivity contribution in [2.24, 2.45) is 0 Å². The molecule has 0 spiro atoms. The van der Waals surface area contributed by atoms with Crippen LogP contribution in [0, 0.1) is 0 Å². The zero-order valence-corrected chi connectivity index (χ0v) is 25.8. The van der Waals surface area contributed by atoms with Crippen molar-refractivity contribution in [3.63, 3.8) is 0 Å². The predicted molar refractivity (Wildman–Crippen MR) is 155 cm³/mol. The van der Waals surface area contributed by atoms with E-state index in [9.17, 15) is 24.9 Å². The van der Waals surface area contributed by atoms with Crippen molar-refractivity contribution in [3.05, 3.63) is 102 Å². The number of rotatable bonds is 12. The summed E-state index contributed by atoms with van der Waals surface area (Å²) in [6.07, 6.45) is -2.50. The second kappa shape index (κ2) is 15.1. The molecule has 8 heteroatoms. The number of carboxylic acid groups (broad SMARTS) is 1. The first-order valence-electron chi connectivity index (χ1n) is 13.6. The Bertz CT molecular complexity index is 1420. The van der Waals surface area contributed by atoms with Crippen molar-refractivity contribution >= 4 is 17.6 Å². The predicted octanol–water partition coefficient (Wildman–Crippen LogP) is 1.84. The van der Waals surface area contributed by atoms with Gasteiger partial charge in [-0.2, -0.15) is 0 Å². The van der Waals surface area contributed by atoms with Crippen LogP contribution in [0.1, 0.15) is 55.1 Å². The van der Waals surface area contributed by atoms with Gasteiger partial charge in [-0.15, -0.1) is 0 Å². The number of carbonyl (C=O) groups is 2. The summed E-state index contributed by atoms with van der Waals surface area (Å²) in [5.74, 6) is -1.63. The van der Waals surface area contributed by atoms with E-state index in [4.69, 9.17) is 0 Å². The summed E-state index contributed by atoms with van der Waals surface area (Å²) in [6, 6.07) is 29.0. The summed E-state index contributed by atoms with van der Waals surface area (Å²) in [6.45, 7) is 4.43. The number of amides is 1. The van der Waals surface area contributed by atoms with E-state index < -0.39 is 24.6 Å². The van der Waals surface area contributed by atoms with Crippen LogP contribution in [-0.2, 0) is 11.3 Å². The Morgan fingerprint density at radius 3 is 1.90 bits per heavy atom. The van der Waals surface area contributed by atoms with Crippen LogP contribution in [0.5, 0.6) is 0 Å². The van der Waals surface area contributed by atoms with Crippen LogP contribution in [0.3, 0.4) is 0 Å². The van der Waals surface area contributed by atoms with E-state index in [1.807, 2.05) is 105 Å². The number of carboxylic acids is 1. The molecule has 0 radical (unpaired) electrons. The number of aliphatic hydroxyl groups excluding tert-OH is 2. The summed E-state index contributed by atoms with van der Waals surface area (Å²) in [5, 5.41) is 34.7. The Labute approximate surface area is 263 Å². The van der Waals surface area contributed by atoms with Crippen molar-refractivity contribution in [3.8, 4) is 22.4 Å². The number of nitrogens with zero attached hydrogens (tertiary/aromatic N) is 1. The fraction of sp³-hybridized carbons (Fsp3) is 0.273. The maximum atomic E-state index is 14.0. The zero-order chi connectivity index (χ0) is 28.6. The number of nitrogens with one attached hydrogen (secondary N) is 1. The average Bonchev–Trinajstić information content (AvgIpc) is 3.28. The zero-order valence-electron chi connectivity index (χ0n) is 23.8. The van der Waals surface area contributed by atoms with Crippen LogP contribution in [0.25, 0.3) is 22.4 Å². The third-order valence-electron chi connectivity index (χ3n) is 6.85. The first-order chi connectivity index (χ1) is 19.3. The number of hydrogen-bond acceptors (Lipinski definition) is 5. The van der Waals surface area contributed by atoms with E-state index in [2.05, 4.69) is 9.88 Å². The molecule has 4 aromatic rings. The molecule has 0 saturated heterocycles.